The number of hydrogen-bond acceptors (Lipinski definition) is 1. The highest BCUT2D eigenvalue weighted by Gasteiger charge is 2.65. The first-order valence-electron chi connectivity index (χ1n) is 11.9. The van der Waals surface area contributed by atoms with Crippen molar-refractivity contribution in [2.24, 2.45) is 16.7 Å². The van der Waals surface area contributed by atoms with Crippen molar-refractivity contribution >= 4 is 5.91 Å². The molecule has 5 aliphatic rings. The molecule has 5 fully saturated rings. The van der Waals surface area contributed by atoms with E-state index in [0.29, 0.717) is 17.4 Å². The second-order valence-electron chi connectivity index (χ2n) is 11.0. The molecule has 152 valence electrons. The van der Waals surface area contributed by atoms with Gasteiger partial charge in [0.15, 0.2) is 0 Å². The van der Waals surface area contributed by atoms with Crippen LogP contribution in [0.4, 0.5) is 0 Å². The van der Waals surface area contributed by atoms with Crippen LogP contribution in [0.25, 0.3) is 0 Å². The summed E-state index contributed by atoms with van der Waals surface area (Å²) < 4.78 is 0. The molecule has 5 saturated carbocycles. The van der Waals surface area contributed by atoms with Crippen molar-refractivity contribution in [1.29, 1.82) is 0 Å². The van der Waals surface area contributed by atoms with Crippen molar-refractivity contribution in [3.8, 4) is 0 Å². The fourth-order valence-electron chi connectivity index (χ4n) is 8.40. The Bertz CT molecular complexity index is 723. The highest BCUT2D eigenvalue weighted by atomic mass is 16.2. The lowest BCUT2D eigenvalue weighted by molar-refractivity contribution is -0.164. The summed E-state index contributed by atoms with van der Waals surface area (Å²) in [6.07, 6.45) is 16.2. The Balaban J connectivity index is 1.49. The van der Waals surface area contributed by atoms with Gasteiger partial charge in [0.05, 0.1) is 5.41 Å². The van der Waals surface area contributed by atoms with Crippen LogP contribution in [0.15, 0.2) is 30.3 Å². The normalized spacial score (nSPS) is 39.8. The zero-order valence-electron chi connectivity index (χ0n) is 17.6. The summed E-state index contributed by atoms with van der Waals surface area (Å²) in [5.74, 6) is 1.16. The molecule has 5 aliphatic carbocycles. The van der Waals surface area contributed by atoms with Gasteiger partial charge in [-0.1, -0.05) is 62.9 Å². The topological polar surface area (TPSA) is 29.1 Å². The van der Waals surface area contributed by atoms with Gasteiger partial charge in [-0.3, -0.25) is 4.79 Å². The lowest BCUT2D eigenvalue weighted by atomic mass is 9.37. The summed E-state index contributed by atoms with van der Waals surface area (Å²) in [7, 11) is 0. The highest BCUT2D eigenvalue weighted by Crippen LogP contribution is 2.71. The van der Waals surface area contributed by atoms with E-state index in [0.717, 1.165) is 25.2 Å². The van der Waals surface area contributed by atoms with Crippen LogP contribution in [0.2, 0.25) is 0 Å². The molecule has 1 aromatic carbocycles. The average molecular weight is 380 g/mol. The van der Waals surface area contributed by atoms with E-state index in [9.17, 15) is 4.79 Å². The maximum absolute atomic E-state index is 13.8. The van der Waals surface area contributed by atoms with Crippen LogP contribution in [-0.4, -0.2) is 11.9 Å². The summed E-state index contributed by atoms with van der Waals surface area (Å²) in [6, 6.07) is 11.7. The minimum Gasteiger partial charge on any atom is -0.353 e. The van der Waals surface area contributed by atoms with Gasteiger partial charge in [-0.05, 0) is 80.1 Å². The SMILES string of the molecule is CCC[C@]12CC3CC(C(=O)NC4CCCCC4)(C1)C[C@@](c1ccccc1)(C3)C2. The smallest absolute Gasteiger partial charge is 0.226 e. The van der Waals surface area contributed by atoms with E-state index in [1.807, 2.05) is 0 Å². The molecule has 0 heterocycles. The quantitative estimate of drug-likeness (QED) is 0.654. The Kier molecular flexibility index (Phi) is 4.60. The lowest BCUT2D eigenvalue weighted by Crippen LogP contribution is -2.63. The number of amides is 1. The van der Waals surface area contributed by atoms with Crippen molar-refractivity contribution in [1.82, 2.24) is 5.32 Å². The summed E-state index contributed by atoms with van der Waals surface area (Å²) in [6.45, 7) is 2.34. The molecule has 1 N–H and O–H groups in total. The molecule has 0 aliphatic heterocycles. The van der Waals surface area contributed by atoms with Crippen LogP contribution < -0.4 is 5.32 Å². The van der Waals surface area contributed by atoms with Crippen molar-refractivity contribution < 1.29 is 4.79 Å². The summed E-state index contributed by atoms with van der Waals surface area (Å²) >= 11 is 0. The molecule has 1 aromatic rings. The van der Waals surface area contributed by atoms with Crippen molar-refractivity contribution in [2.75, 3.05) is 0 Å². The molecule has 0 saturated heterocycles. The first-order valence-corrected chi connectivity index (χ1v) is 11.9. The minimum absolute atomic E-state index is 0.109. The predicted octanol–water partition coefficient (Wildman–Crippen LogP) is 6.14. The van der Waals surface area contributed by atoms with E-state index in [-0.39, 0.29) is 10.8 Å². The largest absolute Gasteiger partial charge is 0.353 e. The molecule has 6 rings (SSSR count). The van der Waals surface area contributed by atoms with Crippen molar-refractivity contribution in [2.45, 2.75) is 102 Å². The molecule has 1 amide bonds. The lowest BCUT2D eigenvalue weighted by Gasteiger charge is -2.66. The number of nitrogens with one attached hydrogen (secondary N) is 1. The molecule has 4 bridgehead atoms. The van der Waals surface area contributed by atoms with Crippen LogP contribution in [0.5, 0.6) is 0 Å². The van der Waals surface area contributed by atoms with Crippen LogP contribution in [0, 0.1) is 16.7 Å². The van der Waals surface area contributed by atoms with Gasteiger partial charge in [0, 0.05) is 6.04 Å². The maximum atomic E-state index is 13.8. The van der Waals surface area contributed by atoms with Gasteiger partial charge in [-0.2, -0.15) is 0 Å². The van der Waals surface area contributed by atoms with Crippen molar-refractivity contribution in [3.63, 3.8) is 0 Å². The summed E-state index contributed by atoms with van der Waals surface area (Å²) in [5.41, 5.74) is 2.03. The molecule has 28 heavy (non-hydrogen) atoms. The van der Waals surface area contributed by atoms with Gasteiger partial charge < -0.3 is 5.32 Å². The molecule has 2 unspecified atom stereocenters. The fourth-order valence-corrected chi connectivity index (χ4v) is 8.40. The molecule has 0 radical (unpaired) electrons. The van der Waals surface area contributed by atoms with Crippen LogP contribution >= 0.6 is 0 Å². The molecule has 4 atom stereocenters. The predicted molar refractivity (Wildman–Crippen MR) is 114 cm³/mol. The van der Waals surface area contributed by atoms with Gasteiger partial charge in [0.2, 0.25) is 5.91 Å². The molecule has 0 aromatic heterocycles. The first-order chi connectivity index (χ1) is 13.6. The average Bonchev–Trinajstić information content (AvgIpc) is 2.68. The Morgan fingerprint density at radius 1 is 1.00 bits per heavy atom. The zero-order chi connectivity index (χ0) is 19.2. The highest BCUT2D eigenvalue weighted by molar-refractivity contribution is 5.84. The van der Waals surface area contributed by atoms with E-state index in [4.69, 9.17) is 0 Å². The Morgan fingerprint density at radius 2 is 1.79 bits per heavy atom. The maximum Gasteiger partial charge on any atom is 0.226 e. The Hall–Kier alpha value is -1.31. The zero-order valence-corrected chi connectivity index (χ0v) is 17.6. The number of carbonyl (C=O) groups excluding carboxylic acids is 1. The van der Waals surface area contributed by atoms with Crippen LogP contribution in [-0.2, 0) is 10.2 Å². The van der Waals surface area contributed by atoms with E-state index >= 15 is 0 Å². The molecular weight excluding hydrogens is 342 g/mol. The second-order valence-corrected chi connectivity index (χ2v) is 11.0. The Labute approximate surface area is 170 Å². The monoisotopic (exact) mass is 379 g/mol. The third-order valence-electron chi connectivity index (χ3n) is 8.77. The number of carbonyl (C=O) groups is 1. The summed E-state index contributed by atoms with van der Waals surface area (Å²) in [4.78, 5) is 13.8. The van der Waals surface area contributed by atoms with Gasteiger partial charge >= 0.3 is 0 Å². The molecule has 0 spiro atoms. The van der Waals surface area contributed by atoms with E-state index in [1.54, 1.807) is 0 Å². The molecule has 2 heteroatoms. The van der Waals surface area contributed by atoms with E-state index < -0.39 is 0 Å². The first kappa shape index (κ1) is 18.7. The second kappa shape index (κ2) is 6.89. The number of rotatable bonds is 5. The third kappa shape index (κ3) is 3.02. The van der Waals surface area contributed by atoms with E-state index in [2.05, 4.69) is 42.6 Å². The summed E-state index contributed by atoms with van der Waals surface area (Å²) in [5, 5.41) is 3.56. The third-order valence-corrected chi connectivity index (χ3v) is 8.77. The van der Waals surface area contributed by atoms with E-state index in [1.165, 1.54) is 69.8 Å². The minimum atomic E-state index is -0.109. The van der Waals surface area contributed by atoms with Gasteiger partial charge in [-0.25, -0.2) is 0 Å². The number of hydrogen-bond donors (Lipinski definition) is 1. The van der Waals surface area contributed by atoms with Gasteiger partial charge in [0.1, 0.15) is 0 Å². The van der Waals surface area contributed by atoms with Crippen LogP contribution in [0.3, 0.4) is 0 Å². The standard InChI is InChI=1S/C26H37NO/c1-2-13-24-14-20-15-25(17-24,21-9-5-3-6-10-21)19-26(16-20,18-24)23(28)27-22-11-7-4-8-12-22/h3,5-6,9-10,20,22H,2,4,7-8,11-19H2,1H3,(H,27,28)/t20?,24-,25-,26?/m1/s1. The van der Waals surface area contributed by atoms with Crippen LogP contribution in [0.1, 0.15) is 96.0 Å². The fraction of sp³-hybridized carbons (Fsp3) is 0.731. The van der Waals surface area contributed by atoms with Gasteiger partial charge in [-0.15, -0.1) is 0 Å². The molecule has 2 nitrogen and oxygen atoms in total. The number of benzene rings is 1. The van der Waals surface area contributed by atoms with Gasteiger partial charge in [0.25, 0.3) is 0 Å². The van der Waals surface area contributed by atoms with Crippen molar-refractivity contribution in [3.05, 3.63) is 35.9 Å². The Morgan fingerprint density at radius 3 is 2.54 bits per heavy atom. The molecular formula is C26H37NO.